The number of rotatable bonds is 7. The van der Waals surface area contributed by atoms with Crippen molar-refractivity contribution in [1.82, 2.24) is 5.43 Å². The Labute approximate surface area is 191 Å². The number of fused-ring (bicyclic) bond motifs is 1. The highest BCUT2D eigenvalue weighted by Crippen LogP contribution is 2.21. The van der Waals surface area contributed by atoms with Crippen LogP contribution in [-0.2, 0) is 11.4 Å². The average molecular weight is 437 g/mol. The van der Waals surface area contributed by atoms with Gasteiger partial charge in [-0.25, -0.2) is 5.43 Å². The van der Waals surface area contributed by atoms with E-state index in [2.05, 4.69) is 40.1 Å². The van der Waals surface area contributed by atoms with Crippen molar-refractivity contribution < 1.29 is 14.3 Å². The van der Waals surface area contributed by atoms with E-state index in [1.165, 1.54) is 17.7 Å². The summed E-state index contributed by atoms with van der Waals surface area (Å²) in [6.45, 7) is 1.88. The number of hydrogen-bond donors (Lipinski definition) is 2. The van der Waals surface area contributed by atoms with E-state index in [9.17, 15) is 9.59 Å². The smallest absolute Gasteiger partial charge is 0.271 e. The molecular formula is C27H23N3O3. The number of hydrogen-bond acceptors (Lipinski definition) is 4. The Balaban J connectivity index is 1.35. The molecule has 33 heavy (non-hydrogen) atoms. The summed E-state index contributed by atoms with van der Waals surface area (Å²) in [5.41, 5.74) is 5.49. The van der Waals surface area contributed by atoms with Crippen LogP contribution in [0.15, 0.2) is 96.1 Å². The van der Waals surface area contributed by atoms with E-state index < -0.39 is 0 Å². The van der Waals surface area contributed by atoms with Crippen molar-refractivity contribution in [2.24, 2.45) is 5.10 Å². The summed E-state index contributed by atoms with van der Waals surface area (Å²) in [5.74, 6) is 0.205. The fourth-order valence-corrected chi connectivity index (χ4v) is 3.40. The number of ether oxygens (including phenoxy) is 1. The molecule has 4 aromatic carbocycles. The first-order valence-corrected chi connectivity index (χ1v) is 10.5. The summed E-state index contributed by atoms with van der Waals surface area (Å²) >= 11 is 0. The summed E-state index contributed by atoms with van der Waals surface area (Å²) in [4.78, 5) is 23.3. The molecule has 0 spiro atoms. The number of nitrogens with zero attached hydrogens (tertiary/aromatic N) is 1. The fourth-order valence-electron chi connectivity index (χ4n) is 3.40. The molecule has 4 aromatic rings. The van der Waals surface area contributed by atoms with Crippen LogP contribution in [0.2, 0.25) is 0 Å². The molecule has 0 unspecified atom stereocenters. The maximum atomic E-state index is 12.3. The van der Waals surface area contributed by atoms with E-state index in [1.807, 2.05) is 42.5 Å². The van der Waals surface area contributed by atoms with Crippen LogP contribution in [0.3, 0.4) is 0 Å². The second kappa shape index (κ2) is 10.2. The molecule has 2 amide bonds. The summed E-state index contributed by atoms with van der Waals surface area (Å²) in [6.07, 6.45) is 1.56. The summed E-state index contributed by atoms with van der Waals surface area (Å²) in [7, 11) is 0. The van der Waals surface area contributed by atoms with Gasteiger partial charge in [-0.3, -0.25) is 9.59 Å². The molecule has 0 aromatic heterocycles. The van der Waals surface area contributed by atoms with Crippen LogP contribution < -0.4 is 15.5 Å². The third kappa shape index (κ3) is 5.83. The lowest BCUT2D eigenvalue weighted by Gasteiger charge is -2.09. The molecule has 0 saturated heterocycles. The molecule has 0 radical (unpaired) electrons. The minimum atomic E-state index is -0.344. The van der Waals surface area contributed by atoms with Gasteiger partial charge in [0.2, 0.25) is 5.91 Å². The fraction of sp³-hybridized carbons (Fsp3) is 0.0741. The van der Waals surface area contributed by atoms with Crippen molar-refractivity contribution in [2.45, 2.75) is 13.5 Å². The number of nitrogens with one attached hydrogen (secondary N) is 2. The van der Waals surface area contributed by atoms with Crippen molar-refractivity contribution >= 4 is 34.5 Å². The lowest BCUT2D eigenvalue weighted by Crippen LogP contribution is -2.17. The second-order valence-corrected chi connectivity index (χ2v) is 7.46. The Hall–Kier alpha value is -4.45. The lowest BCUT2D eigenvalue weighted by molar-refractivity contribution is -0.114. The van der Waals surface area contributed by atoms with Gasteiger partial charge in [-0.2, -0.15) is 5.10 Å². The van der Waals surface area contributed by atoms with E-state index >= 15 is 0 Å². The first-order valence-electron chi connectivity index (χ1n) is 10.5. The van der Waals surface area contributed by atoms with E-state index in [4.69, 9.17) is 4.74 Å². The Morgan fingerprint density at radius 1 is 0.909 bits per heavy atom. The van der Waals surface area contributed by atoms with Crippen LogP contribution >= 0.6 is 0 Å². The SMILES string of the molecule is CC(=O)Nc1ccc(C(=O)N/N=C\c2cccc(OCc3cccc4ccccc34)c2)cc1. The Bertz CT molecular complexity index is 1310. The molecule has 2 N–H and O–H groups in total. The van der Waals surface area contributed by atoms with Crippen molar-refractivity contribution in [3.05, 3.63) is 108 Å². The molecule has 6 nitrogen and oxygen atoms in total. The topological polar surface area (TPSA) is 79.8 Å². The molecule has 6 heteroatoms. The highest BCUT2D eigenvalue weighted by molar-refractivity contribution is 5.96. The zero-order chi connectivity index (χ0) is 23.0. The monoisotopic (exact) mass is 437 g/mol. The third-order valence-electron chi connectivity index (χ3n) is 4.98. The van der Waals surface area contributed by atoms with Gasteiger partial charge in [0.15, 0.2) is 0 Å². The predicted molar refractivity (Wildman–Crippen MR) is 131 cm³/mol. The number of amides is 2. The van der Waals surface area contributed by atoms with Gasteiger partial charge in [0.25, 0.3) is 5.91 Å². The number of benzene rings is 4. The quantitative estimate of drug-likeness (QED) is 0.310. The maximum absolute atomic E-state index is 12.3. The van der Waals surface area contributed by atoms with Gasteiger partial charge in [0, 0.05) is 18.2 Å². The van der Waals surface area contributed by atoms with Crippen LogP contribution in [0.1, 0.15) is 28.4 Å². The molecule has 0 bridgehead atoms. The molecule has 0 aliphatic heterocycles. The summed E-state index contributed by atoms with van der Waals surface area (Å²) in [5, 5.41) is 9.05. The molecule has 0 aliphatic rings. The van der Waals surface area contributed by atoms with Crippen molar-refractivity contribution in [1.29, 1.82) is 0 Å². The molecular weight excluding hydrogens is 414 g/mol. The zero-order valence-electron chi connectivity index (χ0n) is 18.1. The summed E-state index contributed by atoms with van der Waals surface area (Å²) < 4.78 is 6.00. The molecule has 4 rings (SSSR count). The Morgan fingerprint density at radius 2 is 1.67 bits per heavy atom. The Kier molecular flexibility index (Phi) is 6.75. The highest BCUT2D eigenvalue weighted by atomic mass is 16.5. The van der Waals surface area contributed by atoms with Gasteiger partial charge >= 0.3 is 0 Å². The third-order valence-corrected chi connectivity index (χ3v) is 4.98. The van der Waals surface area contributed by atoms with Crippen LogP contribution in [0.25, 0.3) is 10.8 Å². The Morgan fingerprint density at radius 3 is 2.48 bits per heavy atom. The van der Waals surface area contributed by atoms with E-state index in [1.54, 1.807) is 30.5 Å². The molecule has 0 aliphatic carbocycles. The molecule has 164 valence electrons. The highest BCUT2D eigenvalue weighted by Gasteiger charge is 2.05. The van der Waals surface area contributed by atoms with Gasteiger partial charge in [-0.05, 0) is 58.3 Å². The minimum Gasteiger partial charge on any atom is -0.489 e. The second-order valence-electron chi connectivity index (χ2n) is 7.46. The molecule has 0 saturated carbocycles. The van der Waals surface area contributed by atoms with Crippen molar-refractivity contribution in [3.8, 4) is 5.75 Å². The molecule has 0 heterocycles. The van der Waals surface area contributed by atoms with Gasteiger partial charge in [-0.15, -0.1) is 0 Å². The van der Waals surface area contributed by atoms with Crippen molar-refractivity contribution in [2.75, 3.05) is 5.32 Å². The molecule has 0 atom stereocenters. The van der Waals surface area contributed by atoms with Gasteiger partial charge in [0.05, 0.1) is 6.21 Å². The lowest BCUT2D eigenvalue weighted by atomic mass is 10.1. The number of hydrazone groups is 1. The normalized spacial score (nSPS) is 10.8. The first kappa shape index (κ1) is 21.8. The molecule has 0 fully saturated rings. The first-order chi connectivity index (χ1) is 16.1. The van der Waals surface area contributed by atoms with E-state index in [0.29, 0.717) is 23.6 Å². The van der Waals surface area contributed by atoms with Crippen LogP contribution in [0, 0.1) is 0 Å². The largest absolute Gasteiger partial charge is 0.489 e. The minimum absolute atomic E-state index is 0.167. The predicted octanol–water partition coefficient (Wildman–Crippen LogP) is 5.14. The number of carbonyl (C=O) groups excluding carboxylic acids is 2. The van der Waals surface area contributed by atoms with Gasteiger partial charge in [-0.1, -0.05) is 54.6 Å². The van der Waals surface area contributed by atoms with Crippen LogP contribution in [0.5, 0.6) is 5.75 Å². The van der Waals surface area contributed by atoms with Gasteiger partial charge < -0.3 is 10.1 Å². The number of anilines is 1. The number of carbonyl (C=O) groups is 2. The average Bonchev–Trinajstić information content (AvgIpc) is 2.83. The standard InChI is InChI=1S/C27H23N3O3/c1-19(31)29-24-14-12-22(13-15-24)27(32)30-28-17-20-6-4-10-25(16-20)33-18-23-9-5-8-21-7-2-3-11-26(21)23/h2-17H,18H2,1H3,(H,29,31)(H,30,32)/b28-17-. The van der Waals surface area contributed by atoms with E-state index in [0.717, 1.165) is 11.1 Å². The maximum Gasteiger partial charge on any atom is 0.271 e. The van der Waals surface area contributed by atoms with Gasteiger partial charge in [0.1, 0.15) is 12.4 Å². The van der Waals surface area contributed by atoms with Crippen molar-refractivity contribution in [3.63, 3.8) is 0 Å². The van der Waals surface area contributed by atoms with Crippen LogP contribution in [0.4, 0.5) is 5.69 Å². The zero-order valence-corrected chi connectivity index (χ0v) is 18.1. The van der Waals surface area contributed by atoms with E-state index in [-0.39, 0.29) is 11.8 Å². The summed E-state index contributed by atoms with van der Waals surface area (Å²) in [6, 6.07) is 28.5. The van der Waals surface area contributed by atoms with Crippen LogP contribution in [-0.4, -0.2) is 18.0 Å².